The molecule has 1 aromatic rings. The van der Waals surface area contributed by atoms with E-state index in [1.165, 1.54) is 6.42 Å². The Morgan fingerprint density at radius 3 is 2.11 bits per heavy atom. The molecule has 98 valence electrons. The van der Waals surface area contributed by atoms with E-state index in [1.807, 2.05) is 50.3 Å². The molecule has 1 aromatic carbocycles. The number of hydrogen-bond donors (Lipinski definition) is 0. The highest BCUT2D eigenvalue weighted by atomic mass is 35.5. The first kappa shape index (κ1) is 16.7. The van der Waals surface area contributed by atoms with Crippen molar-refractivity contribution >= 4 is 17.2 Å². The summed E-state index contributed by atoms with van der Waals surface area (Å²) in [6.07, 6.45) is 5.04. The summed E-state index contributed by atoms with van der Waals surface area (Å²) in [6, 6.07) is 10.1. The van der Waals surface area contributed by atoms with Gasteiger partial charge in [-0.1, -0.05) is 80.9 Å². The van der Waals surface area contributed by atoms with Crippen molar-refractivity contribution in [3.8, 4) is 0 Å². The van der Waals surface area contributed by atoms with Crippen molar-refractivity contribution in [2.24, 2.45) is 0 Å². The van der Waals surface area contributed by atoms with Gasteiger partial charge in [-0.05, 0) is 30.6 Å². The quantitative estimate of drug-likeness (QED) is 0.569. The molecular formula is C17H23Cl. The van der Waals surface area contributed by atoms with E-state index in [-0.39, 0.29) is 0 Å². The lowest BCUT2D eigenvalue weighted by Crippen LogP contribution is -1.86. The van der Waals surface area contributed by atoms with Gasteiger partial charge < -0.3 is 0 Å². The van der Waals surface area contributed by atoms with Crippen LogP contribution < -0.4 is 0 Å². The van der Waals surface area contributed by atoms with Crippen molar-refractivity contribution < 1.29 is 0 Å². The molecule has 0 amide bonds. The Bertz CT molecular complexity index is 410. The van der Waals surface area contributed by atoms with E-state index >= 15 is 0 Å². The standard InChI is InChI=1S/C14H15Cl.C3H8/c1-4-11(3)14(15)13(5-2)12-9-7-6-8-10-12;1-3-2/h4-10H,1H2,2-3H3;3H2,1-2H3/b13-5-,14-11+;. The van der Waals surface area contributed by atoms with Crippen molar-refractivity contribution in [2.75, 3.05) is 0 Å². The minimum absolute atomic E-state index is 0.763. The maximum absolute atomic E-state index is 6.27. The molecule has 0 saturated heterocycles. The summed E-state index contributed by atoms with van der Waals surface area (Å²) in [6.45, 7) is 11.9. The van der Waals surface area contributed by atoms with Gasteiger partial charge in [0.15, 0.2) is 0 Å². The van der Waals surface area contributed by atoms with Crippen LogP contribution in [0, 0.1) is 0 Å². The van der Waals surface area contributed by atoms with Gasteiger partial charge in [-0.3, -0.25) is 0 Å². The summed E-state index contributed by atoms with van der Waals surface area (Å²) in [7, 11) is 0. The largest absolute Gasteiger partial charge is 0.0987 e. The Labute approximate surface area is 117 Å². The zero-order chi connectivity index (χ0) is 14.0. The molecule has 0 aliphatic heterocycles. The fraction of sp³-hybridized carbons (Fsp3) is 0.294. The van der Waals surface area contributed by atoms with Crippen LogP contribution in [0.3, 0.4) is 0 Å². The Kier molecular flexibility index (Phi) is 9.04. The Hall–Kier alpha value is -1.27. The van der Waals surface area contributed by atoms with Gasteiger partial charge in [0, 0.05) is 0 Å². The third-order valence-corrected chi connectivity index (χ3v) is 2.76. The van der Waals surface area contributed by atoms with Gasteiger partial charge in [0.05, 0.1) is 5.03 Å². The lowest BCUT2D eigenvalue weighted by atomic mass is 10.0. The van der Waals surface area contributed by atoms with E-state index < -0.39 is 0 Å². The first-order valence-corrected chi connectivity index (χ1v) is 6.70. The molecule has 0 spiro atoms. The highest BCUT2D eigenvalue weighted by molar-refractivity contribution is 6.37. The zero-order valence-electron chi connectivity index (χ0n) is 11.8. The number of hydrogen-bond acceptors (Lipinski definition) is 0. The first-order chi connectivity index (χ1) is 8.62. The normalized spacial score (nSPS) is 12.2. The third-order valence-electron chi connectivity index (χ3n) is 2.26. The second-order valence-electron chi connectivity index (χ2n) is 3.98. The summed E-state index contributed by atoms with van der Waals surface area (Å²) in [5.41, 5.74) is 3.18. The van der Waals surface area contributed by atoms with Gasteiger partial charge in [0.2, 0.25) is 0 Å². The molecule has 0 aliphatic rings. The molecule has 0 aliphatic carbocycles. The van der Waals surface area contributed by atoms with Gasteiger partial charge >= 0.3 is 0 Å². The molecule has 18 heavy (non-hydrogen) atoms. The molecular weight excluding hydrogens is 240 g/mol. The second kappa shape index (κ2) is 9.73. The highest BCUT2D eigenvalue weighted by Gasteiger charge is 2.05. The van der Waals surface area contributed by atoms with Gasteiger partial charge in [0.1, 0.15) is 0 Å². The SMILES string of the molecule is C=C/C(C)=C(Cl)\C(=C/C)c1ccccc1.CCC. The van der Waals surface area contributed by atoms with Crippen molar-refractivity contribution in [1.82, 2.24) is 0 Å². The summed E-state index contributed by atoms with van der Waals surface area (Å²) in [4.78, 5) is 0. The van der Waals surface area contributed by atoms with E-state index in [9.17, 15) is 0 Å². The van der Waals surface area contributed by atoms with Crippen LogP contribution in [-0.2, 0) is 0 Å². The highest BCUT2D eigenvalue weighted by Crippen LogP contribution is 2.28. The topological polar surface area (TPSA) is 0 Å². The zero-order valence-corrected chi connectivity index (χ0v) is 12.6. The monoisotopic (exact) mass is 262 g/mol. The predicted molar refractivity (Wildman–Crippen MR) is 84.8 cm³/mol. The lowest BCUT2D eigenvalue weighted by Gasteiger charge is -2.07. The molecule has 0 heterocycles. The van der Waals surface area contributed by atoms with Gasteiger partial charge in [-0.2, -0.15) is 0 Å². The van der Waals surface area contributed by atoms with Crippen LogP contribution in [0.2, 0.25) is 0 Å². The van der Waals surface area contributed by atoms with E-state index in [4.69, 9.17) is 11.6 Å². The summed E-state index contributed by atoms with van der Waals surface area (Å²) in [5.74, 6) is 0. The molecule has 0 N–H and O–H groups in total. The van der Waals surface area contributed by atoms with E-state index in [0.717, 1.165) is 21.7 Å². The summed E-state index contributed by atoms with van der Waals surface area (Å²) in [5, 5.41) is 0.763. The van der Waals surface area contributed by atoms with Crippen molar-refractivity contribution in [3.05, 3.63) is 65.2 Å². The Morgan fingerprint density at radius 2 is 1.72 bits per heavy atom. The number of rotatable bonds is 3. The Balaban J connectivity index is 0.000000873. The molecule has 0 nitrogen and oxygen atoms in total. The van der Waals surface area contributed by atoms with Gasteiger partial charge in [-0.25, -0.2) is 0 Å². The van der Waals surface area contributed by atoms with Gasteiger partial charge in [0.25, 0.3) is 0 Å². The maximum atomic E-state index is 6.27. The van der Waals surface area contributed by atoms with Crippen LogP contribution >= 0.6 is 11.6 Å². The fourth-order valence-electron chi connectivity index (χ4n) is 1.34. The van der Waals surface area contributed by atoms with Crippen molar-refractivity contribution in [3.63, 3.8) is 0 Å². The maximum Gasteiger partial charge on any atom is 0.0510 e. The number of allylic oxidation sites excluding steroid dienone is 5. The molecule has 0 atom stereocenters. The summed E-state index contributed by atoms with van der Waals surface area (Å²) >= 11 is 6.27. The summed E-state index contributed by atoms with van der Waals surface area (Å²) < 4.78 is 0. The molecule has 0 aromatic heterocycles. The van der Waals surface area contributed by atoms with Crippen molar-refractivity contribution in [2.45, 2.75) is 34.1 Å². The average Bonchev–Trinajstić information content (AvgIpc) is 2.40. The van der Waals surface area contributed by atoms with E-state index in [2.05, 4.69) is 20.4 Å². The smallest absolute Gasteiger partial charge is 0.0510 e. The third kappa shape index (κ3) is 5.37. The predicted octanol–water partition coefficient (Wildman–Crippen LogP) is 6.21. The first-order valence-electron chi connectivity index (χ1n) is 6.33. The number of halogens is 1. The molecule has 0 saturated carbocycles. The van der Waals surface area contributed by atoms with E-state index in [0.29, 0.717) is 0 Å². The van der Waals surface area contributed by atoms with Crippen LogP contribution in [0.5, 0.6) is 0 Å². The molecule has 0 fully saturated rings. The average molecular weight is 263 g/mol. The minimum Gasteiger partial charge on any atom is -0.0987 e. The molecule has 1 heteroatoms. The number of benzene rings is 1. The molecule has 1 rings (SSSR count). The van der Waals surface area contributed by atoms with Crippen LogP contribution in [0.1, 0.15) is 39.7 Å². The van der Waals surface area contributed by atoms with E-state index in [1.54, 1.807) is 6.08 Å². The minimum atomic E-state index is 0.763. The second-order valence-corrected chi connectivity index (χ2v) is 4.35. The van der Waals surface area contributed by atoms with Gasteiger partial charge in [-0.15, -0.1) is 0 Å². The fourth-order valence-corrected chi connectivity index (χ4v) is 1.64. The Morgan fingerprint density at radius 1 is 1.22 bits per heavy atom. The molecule has 0 unspecified atom stereocenters. The van der Waals surface area contributed by atoms with Crippen LogP contribution in [-0.4, -0.2) is 0 Å². The molecule has 0 radical (unpaired) electrons. The van der Waals surface area contributed by atoms with Crippen LogP contribution in [0.4, 0.5) is 0 Å². The van der Waals surface area contributed by atoms with Crippen LogP contribution in [0.25, 0.3) is 5.57 Å². The molecule has 0 bridgehead atoms. The lowest BCUT2D eigenvalue weighted by molar-refractivity contribution is 1.09. The van der Waals surface area contributed by atoms with Crippen molar-refractivity contribution in [1.29, 1.82) is 0 Å². The van der Waals surface area contributed by atoms with Crippen LogP contribution in [0.15, 0.2) is 59.7 Å².